The van der Waals surface area contributed by atoms with Gasteiger partial charge in [0.05, 0.1) is 13.7 Å². The average molecular weight is 433 g/mol. The zero-order valence-corrected chi connectivity index (χ0v) is 16.6. The third-order valence-corrected chi connectivity index (χ3v) is 3.10. The largest absolute Gasteiger partial charge is 0.493 e. The minimum Gasteiger partial charge on any atom is -0.493 e. The van der Waals surface area contributed by atoms with Crippen molar-refractivity contribution in [2.75, 3.05) is 33.9 Å². The van der Waals surface area contributed by atoms with E-state index in [0.29, 0.717) is 13.2 Å². The van der Waals surface area contributed by atoms with Gasteiger partial charge >= 0.3 is 0 Å². The summed E-state index contributed by atoms with van der Waals surface area (Å²) in [5.41, 5.74) is 1.24. The van der Waals surface area contributed by atoms with E-state index in [-0.39, 0.29) is 24.0 Å². The standard InChI is InChI=1S/C17H27N3O2.HI/c1-5-11-19-17(18-3)20-12-7-8-14-9-10-15(21-4)16(13-14)22-6-2;/h5,9-10,13H,1,6-8,11-12H2,2-4H3,(H2,18,19,20);1H. The Labute approximate surface area is 156 Å². The highest BCUT2D eigenvalue weighted by Gasteiger charge is 2.05. The Morgan fingerprint density at radius 1 is 1.30 bits per heavy atom. The molecule has 5 nitrogen and oxygen atoms in total. The first kappa shape index (κ1) is 21.6. The summed E-state index contributed by atoms with van der Waals surface area (Å²) in [6.07, 6.45) is 3.78. The van der Waals surface area contributed by atoms with Gasteiger partial charge in [0.1, 0.15) is 0 Å². The van der Waals surface area contributed by atoms with Gasteiger partial charge in [0.2, 0.25) is 0 Å². The second-order valence-corrected chi connectivity index (χ2v) is 4.69. The minimum absolute atomic E-state index is 0. The molecule has 0 fully saturated rings. The molecule has 0 spiro atoms. The highest BCUT2D eigenvalue weighted by atomic mass is 127. The molecular weight excluding hydrogens is 405 g/mol. The number of nitrogens with one attached hydrogen (secondary N) is 2. The number of hydrogen-bond donors (Lipinski definition) is 2. The molecule has 0 unspecified atom stereocenters. The van der Waals surface area contributed by atoms with Crippen LogP contribution in [0.5, 0.6) is 11.5 Å². The van der Waals surface area contributed by atoms with Crippen molar-refractivity contribution in [3.8, 4) is 11.5 Å². The minimum atomic E-state index is 0. The van der Waals surface area contributed by atoms with Crippen LogP contribution >= 0.6 is 24.0 Å². The van der Waals surface area contributed by atoms with Crippen molar-refractivity contribution in [2.24, 2.45) is 4.99 Å². The van der Waals surface area contributed by atoms with Gasteiger partial charge in [-0.15, -0.1) is 30.6 Å². The van der Waals surface area contributed by atoms with E-state index in [1.54, 1.807) is 20.2 Å². The van der Waals surface area contributed by atoms with Gasteiger partial charge in [-0.3, -0.25) is 4.99 Å². The second kappa shape index (κ2) is 13.0. The number of hydrogen-bond acceptors (Lipinski definition) is 3. The molecule has 1 rings (SSSR count). The number of guanidine groups is 1. The summed E-state index contributed by atoms with van der Waals surface area (Å²) >= 11 is 0. The van der Waals surface area contributed by atoms with E-state index < -0.39 is 0 Å². The van der Waals surface area contributed by atoms with Gasteiger partial charge in [-0.2, -0.15) is 0 Å². The summed E-state index contributed by atoms with van der Waals surface area (Å²) in [5.74, 6) is 2.38. The quantitative estimate of drug-likeness (QED) is 0.207. The SMILES string of the molecule is C=CCNC(=NC)NCCCc1ccc(OC)c(OCC)c1.I. The number of ether oxygens (including phenoxy) is 2. The van der Waals surface area contributed by atoms with Gasteiger partial charge in [0.15, 0.2) is 17.5 Å². The molecule has 6 heteroatoms. The Bertz CT molecular complexity index is 493. The molecular formula is C17H28IN3O2. The van der Waals surface area contributed by atoms with E-state index in [4.69, 9.17) is 9.47 Å². The van der Waals surface area contributed by atoms with Gasteiger partial charge in [0.25, 0.3) is 0 Å². The zero-order chi connectivity index (χ0) is 16.2. The predicted molar refractivity (Wildman–Crippen MR) is 107 cm³/mol. The maximum Gasteiger partial charge on any atom is 0.191 e. The van der Waals surface area contributed by atoms with Crippen molar-refractivity contribution in [1.29, 1.82) is 0 Å². The number of rotatable bonds is 9. The van der Waals surface area contributed by atoms with Crippen molar-refractivity contribution < 1.29 is 9.47 Å². The molecule has 0 atom stereocenters. The van der Waals surface area contributed by atoms with E-state index in [0.717, 1.165) is 36.8 Å². The fourth-order valence-corrected chi connectivity index (χ4v) is 2.03. The van der Waals surface area contributed by atoms with Gasteiger partial charge in [-0.25, -0.2) is 0 Å². The van der Waals surface area contributed by atoms with Crippen molar-refractivity contribution in [1.82, 2.24) is 10.6 Å². The molecule has 0 amide bonds. The normalized spacial score (nSPS) is 10.5. The zero-order valence-electron chi connectivity index (χ0n) is 14.2. The first-order valence-corrected chi connectivity index (χ1v) is 7.60. The van der Waals surface area contributed by atoms with Gasteiger partial charge in [-0.1, -0.05) is 12.1 Å². The van der Waals surface area contributed by atoms with E-state index in [9.17, 15) is 0 Å². The van der Waals surface area contributed by atoms with E-state index in [2.05, 4.69) is 28.3 Å². The van der Waals surface area contributed by atoms with Crippen LogP contribution in [0.1, 0.15) is 18.9 Å². The van der Waals surface area contributed by atoms with Gasteiger partial charge < -0.3 is 20.1 Å². The fourth-order valence-electron chi connectivity index (χ4n) is 2.03. The molecule has 0 bridgehead atoms. The Kier molecular flexibility index (Phi) is 12.2. The third kappa shape index (κ3) is 8.11. The maximum atomic E-state index is 5.60. The predicted octanol–water partition coefficient (Wildman–Crippen LogP) is 3.00. The molecule has 0 aliphatic rings. The Balaban J connectivity index is 0.00000484. The first-order chi connectivity index (χ1) is 10.7. The molecule has 0 aliphatic carbocycles. The number of methoxy groups -OCH3 is 1. The van der Waals surface area contributed by atoms with Crippen LogP contribution in [0.2, 0.25) is 0 Å². The molecule has 130 valence electrons. The number of aryl methyl sites for hydroxylation is 1. The van der Waals surface area contributed by atoms with Crippen LogP contribution in [0.25, 0.3) is 0 Å². The molecule has 0 aromatic heterocycles. The van der Waals surface area contributed by atoms with Crippen molar-refractivity contribution in [3.63, 3.8) is 0 Å². The molecule has 2 N–H and O–H groups in total. The van der Waals surface area contributed by atoms with E-state index >= 15 is 0 Å². The highest BCUT2D eigenvalue weighted by Crippen LogP contribution is 2.28. The van der Waals surface area contributed by atoms with E-state index in [1.807, 2.05) is 19.1 Å². The highest BCUT2D eigenvalue weighted by molar-refractivity contribution is 14.0. The van der Waals surface area contributed by atoms with Gasteiger partial charge in [0, 0.05) is 20.1 Å². The molecule has 0 saturated carbocycles. The summed E-state index contributed by atoms with van der Waals surface area (Å²) in [6, 6.07) is 6.08. The summed E-state index contributed by atoms with van der Waals surface area (Å²) in [4.78, 5) is 4.14. The second-order valence-electron chi connectivity index (χ2n) is 4.69. The van der Waals surface area contributed by atoms with Crippen molar-refractivity contribution in [3.05, 3.63) is 36.4 Å². The lowest BCUT2D eigenvalue weighted by Gasteiger charge is -2.12. The van der Waals surface area contributed by atoms with Crippen LogP contribution in [-0.2, 0) is 6.42 Å². The molecule has 0 radical (unpaired) electrons. The summed E-state index contributed by atoms with van der Waals surface area (Å²) in [7, 11) is 3.42. The number of aliphatic imine (C=N–C) groups is 1. The molecule has 0 saturated heterocycles. The Morgan fingerprint density at radius 2 is 2.09 bits per heavy atom. The smallest absolute Gasteiger partial charge is 0.191 e. The molecule has 1 aromatic rings. The number of benzene rings is 1. The lowest BCUT2D eigenvalue weighted by atomic mass is 10.1. The summed E-state index contributed by atoms with van der Waals surface area (Å²) in [5, 5.41) is 6.41. The van der Waals surface area contributed by atoms with Crippen LogP contribution in [0.15, 0.2) is 35.8 Å². The maximum absolute atomic E-state index is 5.60. The van der Waals surface area contributed by atoms with Crippen LogP contribution in [0.3, 0.4) is 0 Å². The molecule has 0 heterocycles. The van der Waals surface area contributed by atoms with Crippen LogP contribution < -0.4 is 20.1 Å². The lowest BCUT2D eigenvalue weighted by Crippen LogP contribution is -2.37. The first-order valence-electron chi connectivity index (χ1n) is 7.60. The molecule has 1 aromatic carbocycles. The Morgan fingerprint density at radius 3 is 2.70 bits per heavy atom. The van der Waals surface area contributed by atoms with Crippen molar-refractivity contribution in [2.45, 2.75) is 19.8 Å². The molecule has 23 heavy (non-hydrogen) atoms. The Hall–Kier alpha value is -1.44. The lowest BCUT2D eigenvalue weighted by molar-refractivity contribution is 0.310. The summed E-state index contributed by atoms with van der Waals surface area (Å²) in [6.45, 7) is 7.83. The summed E-state index contributed by atoms with van der Waals surface area (Å²) < 4.78 is 10.9. The van der Waals surface area contributed by atoms with Crippen LogP contribution in [-0.4, -0.2) is 39.8 Å². The number of halogens is 1. The van der Waals surface area contributed by atoms with Gasteiger partial charge in [-0.05, 0) is 37.5 Å². The fraction of sp³-hybridized carbons (Fsp3) is 0.471. The average Bonchev–Trinajstić information content (AvgIpc) is 2.55. The topological polar surface area (TPSA) is 54.9 Å². The van der Waals surface area contributed by atoms with Crippen molar-refractivity contribution >= 4 is 29.9 Å². The third-order valence-electron chi connectivity index (χ3n) is 3.10. The molecule has 0 aliphatic heterocycles. The van der Waals surface area contributed by atoms with E-state index in [1.165, 1.54) is 5.56 Å². The monoisotopic (exact) mass is 433 g/mol. The van der Waals surface area contributed by atoms with Crippen LogP contribution in [0.4, 0.5) is 0 Å². The van der Waals surface area contributed by atoms with Crippen LogP contribution in [0, 0.1) is 0 Å². The number of nitrogens with zero attached hydrogens (tertiary/aromatic N) is 1.